The van der Waals surface area contributed by atoms with Gasteiger partial charge < -0.3 is 5.32 Å². The summed E-state index contributed by atoms with van der Waals surface area (Å²) < 4.78 is 3.76. The molecule has 1 aromatic rings. The maximum absolute atomic E-state index is 3.83. The molecule has 1 rings (SSSR count). The first-order chi connectivity index (χ1) is 3.43. The third-order valence-corrected chi connectivity index (χ3v) is 1.26. The number of anilines is 1. The highest BCUT2D eigenvalue weighted by Crippen LogP contribution is 2.02. The molecule has 0 saturated carbocycles. The van der Waals surface area contributed by atoms with E-state index >= 15 is 0 Å². The van der Waals surface area contributed by atoms with Crippen LogP contribution >= 0.6 is 11.5 Å². The standard InChI is InChI=1S/C3H5N3S/c1-4-3-5-2-6-7-3/h2H,1H3,(H,4,5,6). The van der Waals surface area contributed by atoms with Gasteiger partial charge in [-0.25, -0.2) is 4.98 Å². The predicted molar refractivity (Wildman–Crippen MR) is 29.5 cm³/mol. The minimum Gasteiger partial charge on any atom is -0.363 e. The first-order valence-corrected chi connectivity index (χ1v) is 2.65. The Hall–Kier alpha value is -0.640. The summed E-state index contributed by atoms with van der Waals surface area (Å²) in [7, 11) is 1.82. The maximum Gasteiger partial charge on any atom is 0.202 e. The quantitative estimate of drug-likeness (QED) is 0.581. The van der Waals surface area contributed by atoms with Gasteiger partial charge in [0.05, 0.1) is 0 Å². The molecule has 4 heteroatoms. The van der Waals surface area contributed by atoms with Crippen LogP contribution in [0.3, 0.4) is 0 Å². The molecule has 3 nitrogen and oxygen atoms in total. The zero-order valence-corrected chi connectivity index (χ0v) is 4.70. The van der Waals surface area contributed by atoms with E-state index < -0.39 is 0 Å². The van der Waals surface area contributed by atoms with Crippen molar-refractivity contribution in [1.82, 2.24) is 9.36 Å². The van der Waals surface area contributed by atoms with Crippen LogP contribution < -0.4 is 5.32 Å². The number of nitrogens with one attached hydrogen (secondary N) is 1. The van der Waals surface area contributed by atoms with E-state index in [0.29, 0.717) is 0 Å². The Kier molecular flexibility index (Phi) is 1.21. The number of rotatable bonds is 1. The number of aromatic nitrogens is 2. The van der Waals surface area contributed by atoms with E-state index in [1.165, 1.54) is 17.9 Å². The lowest BCUT2D eigenvalue weighted by Gasteiger charge is -1.82. The first kappa shape index (κ1) is 4.52. The fourth-order valence-electron chi connectivity index (χ4n) is 0.283. The molecule has 0 radical (unpaired) electrons. The summed E-state index contributed by atoms with van der Waals surface area (Å²) in [4.78, 5) is 3.83. The number of hydrogen-bond acceptors (Lipinski definition) is 4. The lowest BCUT2D eigenvalue weighted by molar-refractivity contribution is 1.31. The molecule has 0 unspecified atom stereocenters. The Morgan fingerprint density at radius 2 is 2.71 bits per heavy atom. The molecule has 1 N–H and O–H groups in total. The molecule has 1 aromatic heterocycles. The predicted octanol–water partition coefficient (Wildman–Crippen LogP) is 0.580. The molecule has 7 heavy (non-hydrogen) atoms. The van der Waals surface area contributed by atoms with E-state index in [1.54, 1.807) is 0 Å². The first-order valence-electron chi connectivity index (χ1n) is 1.88. The van der Waals surface area contributed by atoms with Gasteiger partial charge >= 0.3 is 0 Å². The molecule has 0 aliphatic heterocycles. The summed E-state index contributed by atoms with van der Waals surface area (Å²) >= 11 is 1.35. The van der Waals surface area contributed by atoms with Gasteiger partial charge in [-0.15, -0.1) is 0 Å². The lowest BCUT2D eigenvalue weighted by atomic mass is 11.1. The van der Waals surface area contributed by atoms with Crippen molar-refractivity contribution in [3.05, 3.63) is 6.33 Å². The molecule has 0 amide bonds. The average Bonchev–Trinajstić information content (AvgIpc) is 2.14. The van der Waals surface area contributed by atoms with Crippen molar-refractivity contribution in [1.29, 1.82) is 0 Å². The van der Waals surface area contributed by atoms with Gasteiger partial charge in [0, 0.05) is 18.6 Å². The molecule has 0 aliphatic rings. The zero-order chi connectivity index (χ0) is 5.11. The topological polar surface area (TPSA) is 37.8 Å². The van der Waals surface area contributed by atoms with Crippen molar-refractivity contribution in [3.63, 3.8) is 0 Å². The Morgan fingerprint density at radius 3 is 3.00 bits per heavy atom. The molecule has 0 saturated heterocycles. The van der Waals surface area contributed by atoms with Crippen molar-refractivity contribution >= 4 is 16.7 Å². The van der Waals surface area contributed by atoms with Crippen LogP contribution in [0.15, 0.2) is 6.33 Å². The van der Waals surface area contributed by atoms with E-state index in [9.17, 15) is 0 Å². The molecule has 1 heterocycles. The Labute approximate surface area is 45.6 Å². The van der Waals surface area contributed by atoms with Crippen LogP contribution in [0.4, 0.5) is 5.13 Å². The van der Waals surface area contributed by atoms with E-state index in [2.05, 4.69) is 14.7 Å². The van der Waals surface area contributed by atoms with Crippen LogP contribution in [0.5, 0.6) is 0 Å². The third-order valence-electron chi connectivity index (χ3n) is 0.575. The molecule has 0 spiro atoms. The van der Waals surface area contributed by atoms with Gasteiger partial charge in [0.25, 0.3) is 0 Å². The van der Waals surface area contributed by atoms with Gasteiger partial charge in [-0.2, -0.15) is 4.37 Å². The van der Waals surface area contributed by atoms with Crippen LogP contribution in [0.1, 0.15) is 0 Å². The van der Waals surface area contributed by atoms with E-state index in [-0.39, 0.29) is 0 Å². The lowest BCUT2D eigenvalue weighted by Crippen LogP contribution is -1.83. The fourth-order valence-corrected chi connectivity index (χ4v) is 0.663. The zero-order valence-electron chi connectivity index (χ0n) is 3.88. The molecule has 0 bridgehead atoms. The highest BCUT2D eigenvalue weighted by atomic mass is 32.1. The van der Waals surface area contributed by atoms with Gasteiger partial charge in [-0.3, -0.25) is 0 Å². The summed E-state index contributed by atoms with van der Waals surface area (Å²) in [5.74, 6) is 0. The summed E-state index contributed by atoms with van der Waals surface area (Å²) in [6.07, 6.45) is 1.52. The van der Waals surface area contributed by atoms with Crippen LogP contribution in [-0.4, -0.2) is 16.4 Å². The maximum atomic E-state index is 3.83. The molecular formula is C3H5N3S. The highest BCUT2D eigenvalue weighted by Gasteiger charge is 1.84. The van der Waals surface area contributed by atoms with Crippen molar-refractivity contribution < 1.29 is 0 Å². The van der Waals surface area contributed by atoms with Gasteiger partial charge in [0.2, 0.25) is 5.13 Å². The smallest absolute Gasteiger partial charge is 0.202 e. The molecule has 38 valence electrons. The number of nitrogens with zero attached hydrogens (tertiary/aromatic N) is 2. The normalized spacial score (nSPS) is 8.71. The summed E-state index contributed by atoms with van der Waals surface area (Å²) in [6.45, 7) is 0. The van der Waals surface area contributed by atoms with Crippen molar-refractivity contribution in [2.24, 2.45) is 0 Å². The van der Waals surface area contributed by atoms with Gasteiger partial charge in [-0.05, 0) is 0 Å². The van der Waals surface area contributed by atoms with Crippen LogP contribution in [0, 0.1) is 0 Å². The molecule has 0 atom stereocenters. The van der Waals surface area contributed by atoms with Crippen molar-refractivity contribution in [3.8, 4) is 0 Å². The summed E-state index contributed by atoms with van der Waals surface area (Å²) in [6, 6.07) is 0. The largest absolute Gasteiger partial charge is 0.363 e. The van der Waals surface area contributed by atoms with Gasteiger partial charge in [-0.1, -0.05) is 0 Å². The molecule has 0 aromatic carbocycles. The van der Waals surface area contributed by atoms with E-state index in [0.717, 1.165) is 5.13 Å². The third kappa shape index (κ3) is 0.866. The number of hydrogen-bond donors (Lipinski definition) is 1. The molecule has 0 fully saturated rings. The second-order valence-electron chi connectivity index (χ2n) is 0.996. The molecular weight excluding hydrogens is 110 g/mol. The van der Waals surface area contributed by atoms with Crippen LogP contribution in [-0.2, 0) is 0 Å². The second-order valence-corrected chi connectivity index (χ2v) is 1.78. The highest BCUT2D eigenvalue weighted by molar-refractivity contribution is 7.09. The fraction of sp³-hybridized carbons (Fsp3) is 0.333. The summed E-state index contributed by atoms with van der Waals surface area (Å²) in [5, 5.41) is 3.71. The summed E-state index contributed by atoms with van der Waals surface area (Å²) in [5.41, 5.74) is 0. The van der Waals surface area contributed by atoms with Crippen LogP contribution in [0.2, 0.25) is 0 Å². The van der Waals surface area contributed by atoms with E-state index in [1.807, 2.05) is 7.05 Å². The average molecular weight is 115 g/mol. The van der Waals surface area contributed by atoms with Crippen molar-refractivity contribution in [2.75, 3.05) is 12.4 Å². The van der Waals surface area contributed by atoms with E-state index in [4.69, 9.17) is 0 Å². The van der Waals surface area contributed by atoms with Gasteiger partial charge in [0.15, 0.2) is 0 Å². The van der Waals surface area contributed by atoms with Crippen molar-refractivity contribution in [2.45, 2.75) is 0 Å². The monoisotopic (exact) mass is 115 g/mol. The Bertz CT molecular complexity index is 125. The minimum absolute atomic E-state index is 0.861. The second kappa shape index (κ2) is 1.88. The SMILES string of the molecule is CNc1ncns1. The van der Waals surface area contributed by atoms with Gasteiger partial charge in [0.1, 0.15) is 6.33 Å². The Morgan fingerprint density at radius 1 is 1.86 bits per heavy atom. The van der Waals surface area contributed by atoms with Crippen LogP contribution in [0.25, 0.3) is 0 Å². The molecule has 0 aliphatic carbocycles. The Balaban J connectivity index is 2.76. The minimum atomic E-state index is 0.861.